The molecule has 0 radical (unpaired) electrons. The van der Waals surface area contributed by atoms with Gasteiger partial charge in [-0.3, -0.25) is 0 Å². The summed E-state index contributed by atoms with van der Waals surface area (Å²) in [5.74, 6) is 0. The van der Waals surface area contributed by atoms with Crippen molar-refractivity contribution in [3.63, 3.8) is 0 Å². The van der Waals surface area contributed by atoms with Crippen molar-refractivity contribution in [1.82, 2.24) is 9.13 Å². The molecule has 10 aromatic rings. The number of aromatic nitrogens is 2. The summed E-state index contributed by atoms with van der Waals surface area (Å²) in [4.78, 5) is 0. The Hall–Kier alpha value is -8.17. The summed E-state index contributed by atoms with van der Waals surface area (Å²) in [5.41, 5.74) is 13.9. The van der Waals surface area contributed by atoms with Crippen LogP contribution in [0.5, 0.6) is 0 Å². The molecule has 0 spiro atoms. The van der Waals surface area contributed by atoms with Gasteiger partial charge in [-0.1, -0.05) is 78.9 Å². The molecule has 0 N–H and O–H groups in total. The largest absolute Gasteiger partial charge is 0.309 e. The highest BCUT2D eigenvalue weighted by molar-refractivity contribution is 6.12. The van der Waals surface area contributed by atoms with Crippen LogP contribution in [0.1, 0.15) is 16.7 Å². The van der Waals surface area contributed by atoms with E-state index in [0.717, 1.165) is 83.0 Å². The van der Waals surface area contributed by atoms with Gasteiger partial charge in [0.2, 0.25) is 0 Å². The van der Waals surface area contributed by atoms with E-state index in [1.807, 2.05) is 78.9 Å². The van der Waals surface area contributed by atoms with E-state index in [1.54, 1.807) is 0 Å². The zero-order valence-corrected chi connectivity index (χ0v) is 30.0. The summed E-state index contributed by atoms with van der Waals surface area (Å²) < 4.78 is 4.55. The monoisotopic (exact) mass is 711 g/mol. The van der Waals surface area contributed by atoms with Crippen molar-refractivity contribution in [2.24, 2.45) is 0 Å². The Kier molecular flexibility index (Phi) is 7.57. The van der Waals surface area contributed by atoms with E-state index in [4.69, 9.17) is 0 Å². The molecule has 2 heterocycles. The van der Waals surface area contributed by atoms with E-state index in [2.05, 4.69) is 124 Å². The lowest BCUT2D eigenvalue weighted by Gasteiger charge is -2.15. The maximum Gasteiger partial charge on any atom is 0.0998 e. The molecule has 8 aromatic carbocycles. The van der Waals surface area contributed by atoms with Gasteiger partial charge in [-0.05, 0) is 130 Å². The maximum atomic E-state index is 9.93. The molecule has 0 bridgehead atoms. The van der Waals surface area contributed by atoms with Crippen LogP contribution in [0.15, 0.2) is 176 Å². The van der Waals surface area contributed by atoms with Crippen LogP contribution >= 0.6 is 0 Å². The molecule has 2 aromatic heterocycles. The quantitative estimate of drug-likeness (QED) is 0.178. The Morgan fingerprint density at radius 3 is 1.55 bits per heavy atom. The molecule has 0 unspecified atom stereocenters. The number of fused-ring (bicyclic) bond motifs is 6. The smallest absolute Gasteiger partial charge is 0.0998 e. The third kappa shape index (κ3) is 5.22. The molecule has 0 fully saturated rings. The number of benzene rings is 8. The molecule has 5 nitrogen and oxygen atoms in total. The zero-order chi connectivity index (χ0) is 37.8. The molecule has 5 heteroatoms. The molecular weight excluding hydrogens is 683 g/mol. The minimum atomic E-state index is 0.561. The minimum absolute atomic E-state index is 0.561. The van der Waals surface area contributed by atoms with E-state index in [9.17, 15) is 15.8 Å². The maximum absolute atomic E-state index is 9.93. The van der Waals surface area contributed by atoms with Gasteiger partial charge in [0.15, 0.2) is 0 Å². The van der Waals surface area contributed by atoms with Gasteiger partial charge in [-0.25, -0.2) is 0 Å². The van der Waals surface area contributed by atoms with Crippen molar-refractivity contribution < 1.29 is 0 Å². The lowest BCUT2D eigenvalue weighted by molar-refractivity contribution is 1.18. The number of nitrogens with zero attached hydrogens (tertiary/aromatic N) is 5. The lowest BCUT2D eigenvalue weighted by atomic mass is 9.93. The topological polar surface area (TPSA) is 81.2 Å². The van der Waals surface area contributed by atoms with Gasteiger partial charge in [0.1, 0.15) is 0 Å². The first-order valence-corrected chi connectivity index (χ1v) is 18.3. The van der Waals surface area contributed by atoms with Crippen molar-refractivity contribution in [2.45, 2.75) is 0 Å². The predicted octanol–water partition coefficient (Wildman–Crippen LogP) is 12.5. The first kappa shape index (κ1) is 32.5. The highest BCUT2D eigenvalue weighted by Gasteiger charge is 2.18. The number of para-hydroxylation sites is 2. The van der Waals surface area contributed by atoms with Crippen molar-refractivity contribution in [2.75, 3.05) is 0 Å². The van der Waals surface area contributed by atoms with Gasteiger partial charge < -0.3 is 9.13 Å². The van der Waals surface area contributed by atoms with Crippen LogP contribution in [-0.2, 0) is 0 Å². The van der Waals surface area contributed by atoms with Crippen LogP contribution in [-0.4, -0.2) is 9.13 Å². The van der Waals surface area contributed by atoms with Crippen LogP contribution < -0.4 is 0 Å². The third-order valence-electron chi connectivity index (χ3n) is 10.8. The molecule has 0 atom stereocenters. The lowest BCUT2D eigenvalue weighted by Crippen LogP contribution is -1.96. The van der Waals surface area contributed by atoms with E-state index >= 15 is 0 Å². The minimum Gasteiger partial charge on any atom is -0.309 e. The Morgan fingerprint density at radius 2 is 0.857 bits per heavy atom. The molecule has 0 saturated carbocycles. The van der Waals surface area contributed by atoms with Crippen LogP contribution in [0.4, 0.5) is 0 Å². The Balaban J connectivity index is 1.24. The fourth-order valence-electron chi connectivity index (χ4n) is 8.22. The van der Waals surface area contributed by atoms with Crippen LogP contribution in [0.25, 0.3) is 88.4 Å². The van der Waals surface area contributed by atoms with E-state index < -0.39 is 0 Å². The van der Waals surface area contributed by atoms with Gasteiger partial charge in [0.05, 0.1) is 57.0 Å². The molecule has 258 valence electrons. The molecule has 0 saturated heterocycles. The number of hydrogen-bond acceptors (Lipinski definition) is 3. The van der Waals surface area contributed by atoms with Gasteiger partial charge >= 0.3 is 0 Å². The standard InChI is InChI=1S/C51H29N5/c52-30-33-17-20-49-45(23-33)46-24-34(31-53)18-21-50(46)56(49)42-27-39(35-10-8-11-37(25-35)43-14-5-4-9-38(43)32-54)26-40(28-42)36-19-22-51-47(29-36)44-15-6-7-16-48(44)55(51)41-12-2-1-3-13-41/h1-29H. The molecule has 0 aliphatic heterocycles. The summed E-state index contributed by atoms with van der Waals surface area (Å²) in [5, 5.41) is 33.8. The Morgan fingerprint density at radius 1 is 0.321 bits per heavy atom. The van der Waals surface area contributed by atoms with E-state index in [1.165, 1.54) is 5.39 Å². The van der Waals surface area contributed by atoms with Crippen molar-refractivity contribution in [1.29, 1.82) is 15.8 Å². The molecule has 0 aliphatic rings. The van der Waals surface area contributed by atoms with Crippen molar-refractivity contribution in [3.8, 4) is 63.0 Å². The van der Waals surface area contributed by atoms with Crippen molar-refractivity contribution in [3.05, 3.63) is 193 Å². The second-order valence-electron chi connectivity index (χ2n) is 13.9. The van der Waals surface area contributed by atoms with Gasteiger partial charge in [-0.2, -0.15) is 15.8 Å². The highest BCUT2D eigenvalue weighted by Crippen LogP contribution is 2.40. The summed E-state index contributed by atoms with van der Waals surface area (Å²) in [7, 11) is 0. The fourth-order valence-corrected chi connectivity index (χ4v) is 8.22. The molecule has 56 heavy (non-hydrogen) atoms. The van der Waals surface area contributed by atoms with E-state index in [-0.39, 0.29) is 0 Å². The van der Waals surface area contributed by atoms with Crippen LogP contribution in [0.3, 0.4) is 0 Å². The van der Waals surface area contributed by atoms with E-state index in [0.29, 0.717) is 16.7 Å². The summed E-state index contributed by atoms with van der Waals surface area (Å²) in [6, 6.07) is 66.9. The molecular formula is C51H29N5. The predicted molar refractivity (Wildman–Crippen MR) is 226 cm³/mol. The average Bonchev–Trinajstić information content (AvgIpc) is 3.78. The zero-order valence-electron chi connectivity index (χ0n) is 30.0. The fraction of sp³-hybridized carbons (Fsp3) is 0. The number of hydrogen-bond donors (Lipinski definition) is 0. The summed E-state index contributed by atoms with van der Waals surface area (Å²) >= 11 is 0. The second-order valence-corrected chi connectivity index (χ2v) is 13.9. The number of nitriles is 3. The highest BCUT2D eigenvalue weighted by atomic mass is 15.0. The molecule has 0 amide bonds. The first-order chi connectivity index (χ1) is 27.6. The second kappa shape index (κ2) is 13.0. The summed E-state index contributed by atoms with van der Waals surface area (Å²) in [6.07, 6.45) is 0. The normalized spacial score (nSPS) is 11.2. The Labute approximate surface area is 323 Å². The van der Waals surface area contributed by atoms with Gasteiger partial charge in [-0.15, -0.1) is 0 Å². The SMILES string of the molecule is N#Cc1ccc2c(c1)c1cc(C#N)ccc1n2-c1cc(-c2cccc(-c3ccccc3C#N)c2)cc(-c2ccc3c(c2)c2ccccc2n3-c2ccccc2)c1. The first-order valence-electron chi connectivity index (χ1n) is 18.3. The van der Waals surface area contributed by atoms with Crippen LogP contribution in [0.2, 0.25) is 0 Å². The molecule has 10 rings (SSSR count). The Bertz CT molecular complexity index is 3270. The third-order valence-corrected chi connectivity index (χ3v) is 10.8. The van der Waals surface area contributed by atoms with Crippen molar-refractivity contribution >= 4 is 43.6 Å². The van der Waals surface area contributed by atoms with Gasteiger partial charge in [0.25, 0.3) is 0 Å². The molecule has 0 aliphatic carbocycles. The van der Waals surface area contributed by atoms with Gasteiger partial charge in [0, 0.05) is 32.9 Å². The average molecular weight is 712 g/mol. The number of rotatable bonds is 5. The summed E-state index contributed by atoms with van der Waals surface area (Å²) in [6.45, 7) is 0. The van der Waals surface area contributed by atoms with Crippen LogP contribution in [0, 0.1) is 34.0 Å².